The maximum absolute atomic E-state index is 11.4. The van der Waals surface area contributed by atoms with Crippen molar-refractivity contribution in [2.24, 2.45) is 5.73 Å². The fraction of sp³-hybridized carbons (Fsp3) is 0.842. The number of aromatic nitrogens is 3. The fourth-order valence-corrected chi connectivity index (χ4v) is 5.18. The number of rotatable bonds is 16. The smallest absolute Gasteiger partial charge is 0.315 e. The van der Waals surface area contributed by atoms with Gasteiger partial charge >= 0.3 is 6.03 Å². The second-order valence-electron chi connectivity index (χ2n) is 7.47. The topological polar surface area (TPSA) is 126 Å². The van der Waals surface area contributed by atoms with Gasteiger partial charge in [-0.05, 0) is 19.3 Å². The monoisotopic (exact) mass is 442 g/mol. The van der Waals surface area contributed by atoms with Crippen LogP contribution in [0.5, 0.6) is 0 Å². The summed E-state index contributed by atoms with van der Waals surface area (Å²) in [6.07, 6.45) is 6.26. The molecule has 0 spiro atoms. The first-order valence-electron chi connectivity index (χ1n) is 10.8. The summed E-state index contributed by atoms with van der Waals surface area (Å²) < 4.78 is 18.0. The Labute approximate surface area is 181 Å². The number of nitrogens with two attached hydrogens (primary N) is 1. The van der Waals surface area contributed by atoms with E-state index in [0.29, 0.717) is 70.1 Å². The van der Waals surface area contributed by atoms with Gasteiger partial charge in [-0.1, -0.05) is 11.6 Å². The van der Waals surface area contributed by atoms with E-state index in [2.05, 4.69) is 20.9 Å². The molecule has 1 aromatic heterocycles. The molecule has 2 saturated heterocycles. The third-order valence-electron chi connectivity index (χ3n) is 5.17. The summed E-state index contributed by atoms with van der Waals surface area (Å²) in [6, 6.07) is 0.575. The quantitative estimate of drug-likeness (QED) is 0.244. The highest BCUT2D eigenvalue weighted by Crippen LogP contribution is 2.33. The van der Waals surface area contributed by atoms with Gasteiger partial charge in [-0.15, -0.1) is 5.10 Å². The fourth-order valence-electron chi connectivity index (χ4n) is 3.64. The number of carbonyl (C=O) groups excluding carboxylic acids is 1. The van der Waals surface area contributed by atoms with Crippen LogP contribution in [0.4, 0.5) is 4.79 Å². The summed E-state index contributed by atoms with van der Waals surface area (Å²) >= 11 is 1.96. The lowest BCUT2D eigenvalue weighted by Crippen LogP contribution is -2.36. The zero-order chi connectivity index (χ0) is 21.0. The summed E-state index contributed by atoms with van der Waals surface area (Å²) in [5.74, 6) is 1.01. The van der Waals surface area contributed by atoms with Gasteiger partial charge < -0.3 is 30.6 Å². The van der Waals surface area contributed by atoms with Crippen LogP contribution in [0, 0.1) is 0 Å². The van der Waals surface area contributed by atoms with Gasteiger partial charge in [-0.3, -0.25) is 0 Å². The summed E-state index contributed by atoms with van der Waals surface area (Å²) in [4.78, 5) is 11.4. The molecule has 0 aromatic carbocycles. The highest BCUT2D eigenvalue weighted by molar-refractivity contribution is 8.00. The molecule has 1 aromatic rings. The van der Waals surface area contributed by atoms with Crippen LogP contribution in [0.2, 0.25) is 0 Å². The number of hydrogen-bond donors (Lipinski definition) is 3. The Kier molecular flexibility index (Phi) is 10.2. The average Bonchev–Trinajstić information content (AvgIpc) is 3.43. The van der Waals surface area contributed by atoms with Gasteiger partial charge in [0.15, 0.2) is 0 Å². The third-order valence-corrected chi connectivity index (χ3v) is 6.68. The number of nitrogens with one attached hydrogen (secondary N) is 2. The Hall–Kier alpha value is -1.40. The minimum Gasteiger partial charge on any atom is -0.378 e. The molecule has 3 rings (SSSR count). The van der Waals surface area contributed by atoms with Crippen LogP contribution in [-0.2, 0) is 27.2 Å². The number of thioether (sulfide) groups is 1. The van der Waals surface area contributed by atoms with Crippen LogP contribution in [0.3, 0.4) is 0 Å². The van der Waals surface area contributed by atoms with Gasteiger partial charge in [-0.2, -0.15) is 11.8 Å². The Morgan fingerprint density at radius 3 is 2.67 bits per heavy atom. The van der Waals surface area contributed by atoms with Crippen molar-refractivity contribution in [3.05, 3.63) is 11.9 Å². The molecule has 0 aliphatic carbocycles. The maximum atomic E-state index is 11.4. The van der Waals surface area contributed by atoms with Crippen molar-refractivity contribution in [1.29, 1.82) is 0 Å². The number of unbranched alkanes of at least 4 members (excludes halogenated alkanes) is 1. The number of nitrogens with zero attached hydrogens (tertiary/aromatic N) is 3. The first-order valence-corrected chi connectivity index (χ1v) is 11.8. The first kappa shape index (κ1) is 23.3. The van der Waals surface area contributed by atoms with E-state index in [4.69, 9.17) is 19.9 Å². The molecule has 11 heteroatoms. The van der Waals surface area contributed by atoms with Gasteiger partial charge in [0.05, 0.1) is 64.0 Å². The van der Waals surface area contributed by atoms with Crippen LogP contribution in [0.15, 0.2) is 6.20 Å². The normalized spacial score (nSPS) is 22.8. The lowest BCUT2D eigenvalue weighted by Gasteiger charge is -2.16. The van der Waals surface area contributed by atoms with E-state index < -0.39 is 0 Å². The number of fused-ring (bicyclic) bond motifs is 1. The highest BCUT2D eigenvalue weighted by atomic mass is 32.2. The number of urea groups is 1. The van der Waals surface area contributed by atoms with Crippen LogP contribution >= 0.6 is 11.8 Å². The molecule has 0 radical (unpaired) electrons. The molecule has 0 unspecified atom stereocenters. The van der Waals surface area contributed by atoms with Crippen LogP contribution in [-0.4, -0.2) is 90.3 Å². The van der Waals surface area contributed by atoms with E-state index in [1.54, 1.807) is 0 Å². The molecule has 3 atom stereocenters. The lowest BCUT2D eigenvalue weighted by atomic mass is 10.0. The van der Waals surface area contributed by atoms with Gasteiger partial charge in [-0.25, -0.2) is 9.48 Å². The van der Waals surface area contributed by atoms with Gasteiger partial charge in [0.25, 0.3) is 0 Å². The zero-order valence-electron chi connectivity index (χ0n) is 17.5. The first-order chi connectivity index (χ1) is 14.8. The highest BCUT2D eigenvalue weighted by Gasteiger charge is 2.42. The molecule has 30 heavy (non-hydrogen) atoms. The second-order valence-corrected chi connectivity index (χ2v) is 8.74. The summed E-state index contributed by atoms with van der Waals surface area (Å²) in [7, 11) is 0. The number of aryl methyl sites for hydroxylation is 1. The van der Waals surface area contributed by atoms with E-state index in [1.165, 1.54) is 0 Å². The SMILES string of the molecule is NCCOCCOCCOCCn1cc(CCCC[C@@H]2SC[C@@H]3NC(=O)N[C@@H]32)nn1. The molecule has 10 nitrogen and oxygen atoms in total. The van der Waals surface area contributed by atoms with Crippen molar-refractivity contribution in [3.8, 4) is 0 Å². The molecule has 2 fully saturated rings. The predicted molar refractivity (Wildman–Crippen MR) is 115 cm³/mol. The molecule has 0 saturated carbocycles. The van der Waals surface area contributed by atoms with Crippen LogP contribution in [0.25, 0.3) is 0 Å². The van der Waals surface area contributed by atoms with E-state index in [-0.39, 0.29) is 6.03 Å². The van der Waals surface area contributed by atoms with Crippen molar-refractivity contribution in [3.63, 3.8) is 0 Å². The van der Waals surface area contributed by atoms with Crippen molar-refractivity contribution in [2.75, 3.05) is 51.9 Å². The molecule has 2 amide bonds. The Morgan fingerprint density at radius 1 is 1.10 bits per heavy atom. The number of carbonyl (C=O) groups is 1. The number of ether oxygens (including phenoxy) is 3. The van der Waals surface area contributed by atoms with E-state index in [0.717, 1.165) is 37.1 Å². The van der Waals surface area contributed by atoms with Crippen LogP contribution < -0.4 is 16.4 Å². The molecule has 2 aliphatic heterocycles. The molecule has 170 valence electrons. The predicted octanol–water partition coefficient (Wildman–Crippen LogP) is 0.165. The standard InChI is InChI=1S/C19H34N6O4S/c20-5-7-27-9-11-29-12-10-28-8-6-25-13-15(23-24-25)3-1-2-4-17-18-16(14-30-17)21-19(26)22-18/h13,16-18H,1-12,14,20H2,(H2,21,22,26)/t16-,17-,18-/m0/s1. The average molecular weight is 443 g/mol. The van der Waals surface area contributed by atoms with Gasteiger partial charge in [0.2, 0.25) is 0 Å². The molecule has 0 bridgehead atoms. The molecule has 3 heterocycles. The molecular weight excluding hydrogens is 408 g/mol. The van der Waals surface area contributed by atoms with E-state index in [1.807, 2.05) is 22.6 Å². The van der Waals surface area contributed by atoms with Crippen LogP contribution in [0.1, 0.15) is 25.0 Å². The van der Waals surface area contributed by atoms with Gasteiger partial charge in [0.1, 0.15) is 0 Å². The van der Waals surface area contributed by atoms with E-state index >= 15 is 0 Å². The van der Waals surface area contributed by atoms with Gasteiger partial charge in [0, 0.05) is 23.7 Å². The minimum atomic E-state index is -0.0173. The van der Waals surface area contributed by atoms with Crippen molar-refractivity contribution >= 4 is 17.8 Å². The summed E-state index contributed by atoms with van der Waals surface area (Å²) in [5.41, 5.74) is 6.35. The third kappa shape index (κ3) is 7.69. The maximum Gasteiger partial charge on any atom is 0.315 e. The Morgan fingerprint density at radius 2 is 1.87 bits per heavy atom. The second kappa shape index (κ2) is 13.1. The van der Waals surface area contributed by atoms with Crippen molar-refractivity contribution in [1.82, 2.24) is 25.6 Å². The molecular formula is C19H34N6O4S. The number of amides is 2. The number of hydrogen-bond acceptors (Lipinski definition) is 8. The minimum absolute atomic E-state index is 0.0173. The van der Waals surface area contributed by atoms with Crippen molar-refractivity contribution in [2.45, 2.75) is 49.6 Å². The Bertz CT molecular complexity index is 634. The lowest BCUT2D eigenvalue weighted by molar-refractivity contribution is 0.0141. The van der Waals surface area contributed by atoms with E-state index in [9.17, 15) is 4.79 Å². The zero-order valence-corrected chi connectivity index (χ0v) is 18.3. The Balaban J connectivity index is 1.17. The van der Waals surface area contributed by atoms with Crippen molar-refractivity contribution < 1.29 is 19.0 Å². The largest absolute Gasteiger partial charge is 0.378 e. The summed E-state index contributed by atoms with van der Waals surface area (Å²) in [5, 5.41) is 15.0. The molecule has 2 aliphatic rings. The molecule has 4 N–H and O–H groups in total. The summed E-state index contributed by atoms with van der Waals surface area (Å²) in [6.45, 7) is 4.59.